The maximum absolute atomic E-state index is 9.80. The molecule has 1 rings (SSSR count). The molecule has 4 atom stereocenters. The normalized spacial score (nSPS) is 26.8. The van der Waals surface area contributed by atoms with Crippen molar-refractivity contribution in [3.05, 3.63) is 12.2 Å². The third kappa shape index (κ3) is 7.20. The molecular formula is C17H32O5. The minimum atomic E-state index is -1.00. The third-order valence-corrected chi connectivity index (χ3v) is 3.96. The molecule has 130 valence electrons. The average Bonchev–Trinajstić information content (AvgIpc) is 2.89. The predicted octanol–water partition coefficient (Wildman–Crippen LogP) is 1.79. The second-order valence-electron chi connectivity index (χ2n) is 5.89. The fourth-order valence-corrected chi connectivity index (χ4v) is 2.66. The number of rotatable bonds is 12. The highest BCUT2D eigenvalue weighted by atomic mass is 16.6. The Kier molecular flexibility index (Phi) is 10.7. The summed E-state index contributed by atoms with van der Waals surface area (Å²) in [5, 5.41) is 28.4. The lowest BCUT2D eigenvalue weighted by atomic mass is 10.1. The summed E-state index contributed by atoms with van der Waals surface area (Å²) in [6.07, 6.45) is 9.53. The van der Waals surface area contributed by atoms with Gasteiger partial charge in [-0.2, -0.15) is 0 Å². The Labute approximate surface area is 133 Å². The second-order valence-corrected chi connectivity index (χ2v) is 5.89. The molecule has 22 heavy (non-hydrogen) atoms. The summed E-state index contributed by atoms with van der Waals surface area (Å²) in [6.45, 7) is 2.46. The molecule has 0 aromatic rings. The maximum atomic E-state index is 9.80. The summed E-state index contributed by atoms with van der Waals surface area (Å²) in [4.78, 5) is 0. The van der Waals surface area contributed by atoms with Crippen molar-refractivity contribution in [2.75, 3.05) is 19.8 Å². The van der Waals surface area contributed by atoms with E-state index in [4.69, 9.17) is 14.6 Å². The molecule has 5 nitrogen and oxygen atoms in total. The van der Waals surface area contributed by atoms with Crippen molar-refractivity contribution in [2.45, 2.75) is 76.3 Å². The van der Waals surface area contributed by atoms with E-state index >= 15 is 0 Å². The highest BCUT2D eigenvalue weighted by Gasteiger charge is 2.40. The van der Waals surface area contributed by atoms with E-state index in [1.54, 1.807) is 0 Å². The van der Waals surface area contributed by atoms with Crippen molar-refractivity contribution < 1.29 is 24.8 Å². The van der Waals surface area contributed by atoms with Gasteiger partial charge in [-0.15, -0.1) is 0 Å². The zero-order valence-corrected chi connectivity index (χ0v) is 13.7. The molecule has 0 radical (unpaired) electrons. The number of aliphatic hydroxyl groups excluding tert-OH is 3. The minimum absolute atomic E-state index is 0.150. The van der Waals surface area contributed by atoms with Gasteiger partial charge in [-0.05, 0) is 25.7 Å². The lowest BCUT2D eigenvalue weighted by Gasteiger charge is -2.23. The third-order valence-electron chi connectivity index (χ3n) is 3.96. The summed E-state index contributed by atoms with van der Waals surface area (Å²) in [5.74, 6) is 0. The lowest BCUT2D eigenvalue weighted by Crippen LogP contribution is -2.42. The standard InChI is InChI=1S/C17H32O5/c1-2-3-4-5-6-7-8-9-10-11-21-17-15(20)13-22-16(17)14(19)12-18/h3-4,14-20H,2,5-13H2,1H3/b4-3+/t14-,15+,16-,17-/m1/s1. The molecule has 0 spiro atoms. The van der Waals surface area contributed by atoms with Crippen LogP contribution in [0.4, 0.5) is 0 Å². The Hall–Kier alpha value is -0.460. The van der Waals surface area contributed by atoms with E-state index in [9.17, 15) is 10.2 Å². The van der Waals surface area contributed by atoms with Gasteiger partial charge >= 0.3 is 0 Å². The van der Waals surface area contributed by atoms with Crippen LogP contribution < -0.4 is 0 Å². The highest BCUT2D eigenvalue weighted by Crippen LogP contribution is 2.21. The van der Waals surface area contributed by atoms with Crippen LogP contribution in [0.25, 0.3) is 0 Å². The van der Waals surface area contributed by atoms with Crippen molar-refractivity contribution in [3.8, 4) is 0 Å². The van der Waals surface area contributed by atoms with Crippen molar-refractivity contribution in [2.24, 2.45) is 0 Å². The van der Waals surface area contributed by atoms with Crippen LogP contribution in [-0.4, -0.2) is 59.6 Å². The van der Waals surface area contributed by atoms with Crippen LogP contribution >= 0.6 is 0 Å². The maximum Gasteiger partial charge on any atom is 0.114 e. The lowest BCUT2D eigenvalue weighted by molar-refractivity contribution is -0.0938. The molecule has 1 saturated heterocycles. The SMILES string of the molecule is CC/C=C/CCCCCCCO[C@H]1[C@@H]([C@H](O)CO)OC[C@@H]1O. The molecule has 0 aliphatic carbocycles. The molecular weight excluding hydrogens is 284 g/mol. The van der Waals surface area contributed by atoms with Gasteiger partial charge in [-0.3, -0.25) is 0 Å². The summed E-state index contributed by atoms with van der Waals surface area (Å²) in [5.41, 5.74) is 0. The molecule has 0 amide bonds. The smallest absolute Gasteiger partial charge is 0.114 e. The summed E-state index contributed by atoms with van der Waals surface area (Å²) >= 11 is 0. The van der Waals surface area contributed by atoms with Gasteiger partial charge in [-0.25, -0.2) is 0 Å². The minimum Gasteiger partial charge on any atom is -0.394 e. The Bertz CT molecular complexity index is 295. The van der Waals surface area contributed by atoms with Gasteiger partial charge in [-0.1, -0.05) is 38.3 Å². The largest absolute Gasteiger partial charge is 0.394 e. The molecule has 0 bridgehead atoms. The molecule has 1 fully saturated rings. The number of aliphatic hydroxyl groups is 3. The highest BCUT2D eigenvalue weighted by molar-refractivity contribution is 4.89. The number of unbranched alkanes of at least 4 members (excludes halogenated alkanes) is 5. The fraction of sp³-hybridized carbons (Fsp3) is 0.882. The number of ether oxygens (including phenoxy) is 2. The first-order chi connectivity index (χ1) is 10.7. The zero-order valence-electron chi connectivity index (χ0n) is 13.7. The molecule has 0 aromatic heterocycles. The molecule has 0 saturated carbocycles. The monoisotopic (exact) mass is 316 g/mol. The molecule has 0 aromatic carbocycles. The zero-order chi connectivity index (χ0) is 16.2. The summed E-state index contributed by atoms with van der Waals surface area (Å²) in [7, 11) is 0. The van der Waals surface area contributed by atoms with E-state index in [0.29, 0.717) is 6.61 Å². The van der Waals surface area contributed by atoms with Crippen LogP contribution in [0.3, 0.4) is 0 Å². The molecule has 1 aliphatic rings. The molecule has 3 N–H and O–H groups in total. The van der Waals surface area contributed by atoms with Crippen molar-refractivity contribution in [1.82, 2.24) is 0 Å². The van der Waals surface area contributed by atoms with Crippen LogP contribution in [0, 0.1) is 0 Å². The Morgan fingerprint density at radius 1 is 1.18 bits per heavy atom. The first-order valence-electron chi connectivity index (χ1n) is 8.55. The molecule has 1 aliphatic heterocycles. The number of hydrogen-bond donors (Lipinski definition) is 3. The van der Waals surface area contributed by atoms with Gasteiger partial charge in [0.1, 0.15) is 24.4 Å². The van der Waals surface area contributed by atoms with E-state index < -0.39 is 24.4 Å². The molecule has 0 unspecified atom stereocenters. The fourth-order valence-electron chi connectivity index (χ4n) is 2.66. The predicted molar refractivity (Wildman–Crippen MR) is 85.7 cm³/mol. The van der Waals surface area contributed by atoms with Crippen LogP contribution in [-0.2, 0) is 9.47 Å². The van der Waals surface area contributed by atoms with Crippen molar-refractivity contribution in [1.29, 1.82) is 0 Å². The summed E-state index contributed by atoms with van der Waals surface area (Å²) in [6, 6.07) is 0. The van der Waals surface area contributed by atoms with Gasteiger partial charge in [0.2, 0.25) is 0 Å². The quantitative estimate of drug-likeness (QED) is 0.378. The molecule has 5 heteroatoms. The molecule has 1 heterocycles. The van der Waals surface area contributed by atoms with Crippen molar-refractivity contribution in [3.63, 3.8) is 0 Å². The first kappa shape index (κ1) is 19.6. The topological polar surface area (TPSA) is 79.2 Å². The van der Waals surface area contributed by atoms with Crippen LogP contribution in [0.5, 0.6) is 0 Å². The van der Waals surface area contributed by atoms with Gasteiger partial charge in [0.05, 0.1) is 13.2 Å². The van der Waals surface area contributed by atoms with E-state index in [0.717, 1.165) is 25.7 Å². The van der Waals surface area contributed by atoms with Gasteiger partial charge in [0, 0.05) is 6.61 Å². The number of allylic oxidation sites excluding steroid dienone is 2. The van der Waals surface area contributed by atoms with E-state index in [1.165, 1.54) is 19.3 Å². The second kappa shape index (κ2) is 12.0. The van der Waals surface area contributed by atoms with Crippen LogP contribution in [0.1, 0.15) is 51.9 Å². The number of hydrogen-bond acceptors (Lipinski definition) is 5. The van der Waals surface area contributed by atoms with E-state index in [2.05, 4.69) is 19.1 Å². The Morgan fingerprint density at radius 2 is 1.91 bits per heavy atom. The Balaban J connectivity index is 2.04. The van der Waals surface area contributed by atoms with E-state index in [-0.39, 0.29) is 13.2 Å². The van der Waals surface area contributed by atoms with Gasteiger partial charge in [0.15, 0.2) is 0 Å². The van der Waals surface area contributed by atoms with Crippen LogP contribution in [0.15, 0.2) is 12.2 Å². The van der Waals surface area contributed by atoms with Gasteiger partial charge < -0.3 is 24.8 Å². The van der Waals surface area contributed by atoms with Gasteiger partial charge in [0.25, 0.3) is 0 Å². The van der Waals surface area contributed by atoms with E-state index in [1.807, 2.05) is 0 Å². The first-order valence-corrected chi connectivity index (χ1v) is 8.55. The Morgan fingerprint density at radius 3 is 2.64 bits per heavy atom. The van der Waals surface area contributed by atoms with Crippen LogP contribution in [0.2, 0.25) is 0 Å². The average molecular weight is 316 g/mol. The summed E-state index contributed by atoms with van der Waals surface area (Å²) < 4.78 is 10.9. The van der Waals surface area contributed by atoms with Crippen molar-refractivity contribution >= 4 is 0 Å².